The van der Waals surface area contributed by atoms with Crippen molar-refractivity contribution in [3.05, 3.63) is 71.3 Å². The highest BCUT2D eigenvalue weighted by atomic mass is 16.6. The molecule has 2 aromatic carbocycles. The van der Waals surface area contributed by atoms with E-state index in [9.17, 15) is 14.4 Å². The first-order valence-electron chi connectivity index (χ1n) is 12.0. The highest BCUT2D eigenvalue weighted by Gasteiger charge is 2.26. The van der Waals surface area contributed by atoms with Gasteiger partial charge in [0.25, 0.3) is 0 Å². The van der Waals surface area contributed by atoms with E-state index in [-0.39, 0.29) is 18.7 Å². The normalized spacial score (nSPS) is 11.7. The summed E-state index contributed by atoms with van der Waals surface area (Å²) >= 11 is 0. The van der Waals surface area contributed by atoms with E-state index < -0.39 is 23.5 Å². The second kappa shape index (κ2) is 13.9. The maximum Gasteiger partial charge on any atom is 0.308 e. The minimum absolute atomic E-state index is 0.215. The Hall–Kier alpha value is -3.66. The Bertz CT molecular complexity index is 1010. The molecule has 0 aliphatic rings. The van der Waals surface area contributed by atoms with Crippen LogP contribution in [-0.4, -0.2) is 36.0 Å². The fourth-order valence-corrected chi connectivity index (χ4v) is 3.46. The van der Waals surface area contributed by atoms with Gasteiger partial charge in [-0.3, -0.25) is 14.4 Å². The van der Waals surface area contributed by atoms with Crippen molar-refractivity contribution in [2.45, 2.75) is 70.9 Å². The second-order valence-electron chi connectivity index (χ2n) is 9.45. The van der Waals surface area contributed by atoms with E-state index in [0.29, 0.717) is 18.5 Å². The number of hydrogen-bond donors (Lipinski definition) is 2. The third-order valence-electron chi connectivity index (χ3n) is 5.20. The number of rotatable bonds is 12. The molecule has 0 spiro atoms. The summed E-state index contributed by atoms with van der Waals surface area (Å²) in [6.45, 7) is 5.70. The zero-order valence-electron chi connectivity index (χ0n) is 20.8. The van der Waals surface area contributed by atoms with E-state index >= 15 is 0 Å². The summed E-state index contributed by atoms with van der Waals surface area (Å²) in [5.74, 6) is -1.23. The Morgan fingerprint density at radius 3 is 2.23 bits per heavy atom. The molecular formula is C28H35N3O4. The van der Waals surface area contributed by atoms with E-state index in [1.54, 1.807) is 32.9 Å². The first-order valence-corrected chi connectivity index (χ1v) is 12.0. The zero-order chi connectivity index (χ0) is 25.7. The fourth-order valence-electron chi connectivity index (χ4n) is 3.46. The average Bonchev–Trinajstić information content (AvgIpc) is 2.82. The molecule has 0 saturated heterocycles. The average molecular weight is 478 g/mol. The molecule has 1 atom stereocenters. The molecule has 0 fully saturated rings. The first-order chi connectivity index (χ1) is 16.7. The number of benzene rings is 2. The Morgan fingerprint density at radius 1 is 0.943 bits per heavy atom. The van der Waals surface area contributed by atoms with E-state index in [4.69, 9.17) is 10.00 Å². The summed E-state index contributed by atoms with van der Waals surface area (Å²) < 4.78 is 5.35. The minimum atomic E-state index is -0.994. The predicted molar refractivity (Wildman–Crippen MR) is 134 cm³/mol. The van der Waals surface area contributed by atoms with Crippen molar-refractivity contribution in [1.29, 1.82) is 5.26 Å². The summed E-state index contributed by atoms with van der Waals surface area (Å²) in [5.41, 5.74) is 2.10. The molecule has 0 heterocycles. The lowest BCUT2D eigenvalue weighted by atomic mass is 10.1. The number of amides is 2. The summed E-state index contributed by atoms with van der Waals surface area (Å²) in [7, 11) is 0. The van der Waals surface area contributed by atoms with Crippen molar-refractivity contribution < 1.29 is 19.1 Å². The van der Waals surface area contributed by atoms with Crippen LogP contribution in [-0.2, 0) is 32.0 Å². The van der Waals surface area contributed by atoms with Crippen LogP contribution in [0.4, 0.5) is 0 Å². The molecule has 7 nitrogen and oxygen atoms in total. The molecule has 0 aromatic heterocycles. The molecule has 2 amide bonds. The minimum Gasteiger partial charge on any atom is -0.460 e. The number of hydrogen-bond acceptors (Lipinski definition) is 5. The first kappa shape index (κ1) is 27.6. The van der Waals surface area contributed by atoms with Gasteiger partial charge in [-0.1, -0.05) is 42.5 Å². The van der Waals surface area contributed by atoms with Gasteiger partial charge in [-0.15, -0.1) is 0 Å². The number of nitrogens with one attached hydrogen (secondary N) is 2. The lowest BCUT2D eigenvalue weighted by Crippen LogP contribution is -2.48. The van der Waals surface area contributed by atoms with Gasteiger partial charge in [0, 0.05) is 13.0 Å². The van der Waals surface area contributed by atoms with E-state index in [1.165, 1.54) is 0 Å². The van der Waals surface area contributed by atoms with Crippen molar-refractivity contribution in [2.75, 3.05) is 6.54 Å². The van der Waals surface area contributed by atoms with Crippen molar-refractivity contribution in [3.8, 4) is 6.07 Å². The van der Waals surface area contributed by atoms with Crippen LogP contribution in [0.25, 0.3) is 0 Å². The van der Waals surface area contributed by atoms with Gasteiger partial charge >= 0.3 is 5.97 Å². The monoisotopic (exact) mass is 477 g/mol. The van der Waals surface area contributed by atoms with Crippen molar-refractivity contribution in [1.82, 2.24) is 10.6 Å². The van der Waals surface area contributed by atoms with E-state index in [2.05, 4.69) is 16.7 Å². The molecule has 2 aromatic rings. The van der Waals surface area contributed by atoms with Crippen LogP contribution in [0.1, 0.15) is 63.1 Å². The van der Waals surface area contributed by atoms with Crippen LogP contribution in [0.15, 0.2) is 54.6 Å². The number of unbranched alkanes of at least 4 members (excludes halogenated alkanes) is 1. The van der Waals surface area contributed by atoms with Gasteiger partial charge in [-0.25, -0.2) is 0 Å². The molecular weight excluding hydrogens is 442 g/mol. The van der Waals surface area contributed by atoms with Crippen LogP contribution >= 0.6 is 0 Å². The van der Waals surface area contributed by atoms with Gasteiger partial charge in [0.15, 0.2) is 0 Å². The van der Waals surface area contributed by atoms with Crippen LogP contribution in [0.5, 0.6) is 0 Å². The Kier molecular flexibility index (Phi) is 11.0. The van der Waals surface area contributed by atoms with Gasteiger partial charge < -0.3 is 15.4 Å². The number of carbonyl (C=O) groups is 3. The van der Waals surface area contributed by atoms with Crippen LogP contribution in [0, 0.1) is 11.3 Å². The number of aryl methyl sites for hydroxylation is 2. The molecule has 0 bridgehead atoms. The molecule has 0 saturated carbocycles. The number of carbonyl (C=O) groups excluding carboxylic acids is 3. The third-order valence-corrected chi connectivity index (χ3v) is 5.20. The van der Waals surface area contributed by atoms with Crippen molar-refractivity contribution >= 4 is 17.8 Å². The summed E-state index contributed by atoms with van der Waals surface area (Å²) in [5, 5.41) is 14.4. The molecule has 35 heavy (non-hydrogen) atoms. The number of nitriles is 1. The molecule has 2 rings (SSSR count). The molecule has 0 aliphatic carbocycles. The lowest BCUT2D eigenvalue weighted by molar-refractivity contribution is -0.156. The van der Waals surface area contributed by atoms with Gasteiger partial charge in [0.05, 0.1) is 18.1 Å². The fraction of sp³-hybridized carbons (Fsp3) is 0.429. The third kappa shape index (κ3) is 11.3. The Morgan fingerprint density at radius 2 is 1.60 bits per heavy atom. The number of ether oxygens (including phenoxy) is 1. The number of esters is 1. The lowest BCUT2D eigenvalue weighted by Gasteiger charge is -2.22. The second-order valence-corrected chi connectivity index (χ2v) is 9.45. The summed E-state index contributed by atoms with van der Waals surface area (Å²) in [6, 6.07) is 18.2. The topological polar surface area (TPSA) is 108 Å². The zero-order valence-corrected chi connectivity index (χ0v) is 20.8. The van der Waals surface area contributed by atoms with Crippen LogP contribution < -0.4 is 10.6 Å². The smallest absolute Gasteiger partial charge is 0.308 e. The van der Waals surface area contributed by atoms with Gasteiger partial charge in [-0.2, -0.15) is 5.26 Å². The van der Waals surface area contributed by atoms with E-state index in [0.717, 1.165) is 30.4 Å². The summed E-state index contributed by atoms with van der Waals surface area (Å²) in [6.07, 6.45) is 2.96. The predicted octanol–water partition coefficient (Wildman–Crippen LogP) is 3.85. The van der Waals surface area contributed by atoms with Crippen molar-refractivity contribution in [2.24, 2.45) is 0 Å². The standard InChI is InChI=1S/C28H35N3O4/c1-28(2,3)35-26(33)19-24(31-25(32)17-16-21-9-5-4-6-10-21)27(34)30-18-8-7-11-22-12-14-23(20-29)15-13-22/h4-6,9-10,12-15,24H,7-8,11,16-19H2,1-3H3,(H,30,34)(H,31,32)/t24-/m1/s1. The van der Waals surface area contributed by atoms with Gasteiger partial charge in [0.1, 0.15) is 11.6 Å². The summed E-state index contributed by atoms with van der Waals surface area (Å²) in [4.78, 5) is 37.6. The molecule has 186 valence electrons. The Labute approximate surface area is 207 Å². The van der Waals surface area contributed by atoms with Crippen LogP contribution in [0.2, 0.25) is 0 Å². The molecule has 2 N–H and O–H groups in total. The SMILES string of the molecule is CC(C)(C)OC(=O)C[C@@H](NC(=O)CCc1ccccc1)C(=O)NCCCCc1ccc(C#N)cc1. The highest BCUT2D eigenvalue weighted by Crippen LogP contribution is 2.11. The molecule has 0 unspecified atom stereocenters. The highest BCUT2D eigenvalue weighted by molar-refractivity contribution is 5.91. The van der Waals surface area contributed by atoms with E-state index in [1.807, 2.05) is 42.5 Å². The van der Waals surface area contributed by atoms with Crippen LogP contribution in [0.3, 0.4) is 0 Å². The number of nitrogens with zero attached hydrogens (tertiary/aromatic N) is 1. The van der Waals surface area contributed by atoms with Crippen molar-refractivity contribution in [3.63, 3.8) is 0 Å². The maximum absolute atomic E-state index is 12.8. The molecule has 0 aliphatic heterocycles. The van der Waals surface area contributed by atoms with Gasteiger partial charge in [0.2, 0.25) is 11.8 Å². The quantitative estimate of drug-likeness (QED) is 0.357. The molecule has 7 heteroatoms. The Balaban J connectivity index is 1.84. The largest absolute Gasteiger partial charge is 0.460 e. The molecule has 0 radical (unpaired) electrons. The maximum atomic E-state index is 12.8. The van der Waals surface area contributed by atoms with Gasteiger partial charge in [-0.05, 0) is 69.7 Å².